The maximum Gasteiger partial charge on any atom is 0.241 e. The van der Waals surface area contributed by atoms with Crippen LogP contribution in [0.4, 0.5) is 15.8 Å². The van der Waals surface area contributed by atoms with Crippen molar-refractivity contribution >= 4 is 17.3 Å². The number of anilines is 2. The molecule has 0 aliphatic heterocycles. The summed E-state index contributed by atoms with van der Waals surface area (Å²) in [6.07, 6.45) is 0.345. The molecule has 0 saturated heterocycles. The van der Waals surface area contributed by atoms with E-state index in [2.05, 4.69) is 5.32 Å². The number of benzene rings is 1. The van der Waals surface area contributed by atoms with Gasteiger partial charge in [-0.15, -0.1) is 0 Å². The lowest BCUT2D eigenvalue weighted by atomic mass is 10.2. The standard InChI is InChI=1S/C14H19FN4O/c1-3-19(8-4-7-16)10(2)14(20)18-13-9-11(17)5-6-12(13)15/h5-6,9-10H,3-4,8,17H2,1-2H3,(H,18,20). The Morgan fingerprint density at radius 1 is 1.60 bits per heavy atom. The van der Waals surface area contributed by atoms with Crippen LogP contribution in [0, 0.1) is 17.1 Å². The van der Waals surface area contributed by atoms with Crippen LogP contribution >= 0.6 is 0 Å². The lowest BCUT2D eigenvalue weighted by Gasteiger charge is -2.26. The van der Waals surface area contributed by atoms with Crippen molar-refractivity contribution in [3.8, 4) is 6.07 Å². The number of nitrogens with zero attached hydrogens (tertiary/aromatic N) is 2. The molecular weight excluding hydrogens is 259 g/mol. The summed E-state index contributed by atoms with van der Waals surface area (Å²) in [5.74, 6) is -0.853. The van der Waals surface area contributed by atoms with Crippen LogP contribution in [-0.2, 0) is 4.79 Å². The highest BCUT2D eigenvalue weighted by atomic mass is 19.1. The van der Waals surface area contributed by atoms with Gasteiger partial charge in [0.2, 0.25) is 5.91 Å². The third-order valence-electron chi connectivity index (χ3n) is 3.09. The van der Waals surface area contributed by atoms with Crippen LogP contribution < -0.4 is 11.1 Å². The minimum atomic E-state index is -0.528. The Labute approximate surface area is 118 Å². The minimum absolute atomic E-state index is 0.0678. The largest absolute Gasteiger partial charge is 0.399 e. The van der Waals surface area contributed by atoms with E-state index in [0.29, 0.717) is 25.2 Å². The van der Waals surface area contributed by atoms with Gasteiger partial charge in [0.05, 0.1) is 17.8 Å². The predicted octanol–water partition coefficient (Wildman–Crippen LogP) is 1.97. The van der Waals surface area contributed by atoms with E-state index in [1.165, 1.54) is 18.2 Å². The molecule has 1 aromatic carbocycles. The van der Waals surface area contributed by atoms with Crippen molar-refractivity contribution < 1.29 is 9.18 Å². The molecule has 5 nitrogen and oxygen atoms in total. The molecule has 0 bridgehead atoms. The molecule has 0 spiro atoms. The summed E-state index contributed by atoms with van der Waals surface area (Å²) in [4.78, 5) is 13.9. The average molecular weight is 278 g/mol. The number of nitrogens with two attached hydrogens (primary N) is 1. The summed E-state index contributed by atoms with van der Waals surface area (Å²) in [7, 11) is 0. The van der Waals surface area contributed by atoms with Crippen LogP contribution in [0.15, 0.2) is 18.2 Å². The number of nitrogens with one attached hydrogen (secondary N) is 1. The molecule has 1 rings (SSSR count). The molecule has 0 heterocycles. The Balaban J connectivity index is 2.74. The number of nitriles is 1. The summed E-state index contributed by atoms with van der Waals surface area (Å²) in [5, 5.41) is 11.1. The average Bonchev–Trinajstić information content (AvgIpc) is 2.43. The van der Waals surface area contributed by atoms with Crippen LogP contribution in [0.1, 0.15) is 20.3 Å². The zero-order chi connectivity index (χ0) is 15.1. The van der Waals surface area contributed by atoms with Crippen molar-refractivity contribution in [3.63, 3.8) is 0 Å². The molecule has 0 fully saturated rings. The number of halogens is 1. The molecular formula is C14H19FN4O. The number of carbonyl (C=O) groups excluding carboxylic acids is 1. The molecule has 0 radical (unpaired) electrons. The van der Waals surface area contributed by atoms with Gasteiger partial charge in [-0.1, -0.05) is 6.92 Å². The van der Waals surface area contributed by atoms with Gasteiger partial charge in [0, 0.05) is 18.7 Å². The third-order valence-corrected chi connectivity index (χ3v) is 3.09. The van der Waals surface area contributed by atoms with Gasteiger partial charge in [-0.25, -0.2) is 4.39 Å². The lowest BCUT2D eigenvalue weighted by Crippen LogP contribution is -2.42. The van der Waals surface area contributed by atoms with E-state index in [9.17, 15) is 9.18 Å². The molecule has 1 aromatic rings. The van der Waals surface area contributed by atoms with Crippen LogP contribution in [0.5, 0.6) is 0 Å². The van der Waals surface area contributed by atoms with Gasteiger partial charge in [-0.05, 0) is 31.7 Å². The summed E-state index contributed by atoms with van der Waals surface area (Å²) in [5.41, 5.74) is 6.02. The van der Waals surface area contributed by atoms with Crippen LogP contribution in [-0.4, -0.2) is 29.9 Å². The van der Waals surface area contributed by atoms with E-state index >= 15 is 0 Å². The monoisotopic (exact) mass is 278 g/mol. The maximum absolute atomic E-state index is 13.6. The van der Waals surface area contributed by atoms with Crippen molar-refractivity contribution in [2.24, 2.45) is 0 Å². The van der Waals surface area contributed by atoms with E-state index in [1.54, 1.807) is 6.92 Å². The predicted molar refractivity (Wildman–Crippen MR) is 76.4 cm³/mol. The quantitative estimate of drug-likeness (QED) is 0.779. The van der Waals surface area contributed by atoms with Crippen LogP contribution in [0.25, 0.3) is 0 Å². The smallest absolute Gasteiger partial charge is 0.241 e. The minimum Gasteiger partial charge on any atom is -0.399 e. The highest BCUT2D eigenvalue weighted by Crippen LogP contribution is 2.18. The third kappa shape index (κ3) is 4.21. The number of hydrogen-bond acceptors (Lipinski definition) is 4. The summed E-state index contributed by atoms with van der Waals surface area (Å²) in [6.45, 7) is 4.76. The summed E-state index contributed by atoms with van der Waals surface area (Å²) < 4.78 is 13.6. The fourth-order valence-electron chi connectivity index (χ4n) is 1.86. The van der Waals surface area contributed by atoms with E-state index < -0.39 is 11.9 Å². The molecule has 0 aromatic heterocycles. The second-order valence-corrected chi connectivity index (χ2v) is 4.44. The number of carbonyl (C=O) groups is 1. The maximum atomic E-state index is 13.6. The molecule has 0 saturated carbocycles. The van der Waals surface area contributed by atoms with Crippen LogP contribution in [0.2, 0.25) is 0 Å². The fourth-order valence-corrected chi connectivity index (χ4v) is 1.86. The topological polar surface area (TPSA) is 82.2 Å². The van der Waals surface area contributed by atoms with Gasteiger partial charge >= 0.3 is 0 Å². The van der Waals surface area contributed by atoms with Crippen molar-refractivity contribution in [3.05, 3.63) is 24.0 Å². The first kappa shape index (κ1) is 15.9. The fraction of sp³-hybridized carbons (Fsp3) is 0.429. The van der Waals surface area contributed by atoms with Gasteiger partial charge in [-0.3, -0.25) is 9.69 Å². The Kier molecular flexibility index (Phi) is 5.94. The van der Waals surface area contributed by atoms with Crippen molar-refractivity contribution in [1.29, 1.82) is 5.26 Å². The van der Waals surface area contributed by atoms with Gasteiger partial charge in [-0.2, -0.15) is 5.26 Å². The Morgan fingerprint density at radius 2 is 2.30 bits per heavy atom. The molecule has 1 amide bonds. The van der Waals surface area contributed by atoms with E-state index in [0.717, 1.165) is 0 Å². The van der Waals surface area contributed by atoms with Crippen molar-refractivity contribution in [2.45, 2.75) is 26.3 Å². The summed E-state index contributed by atoms with van der Waals surface area (Å²) in [6, 6.07) is 5.61. The van der Waals surface area contributed by atoms with Gasteiger partial charge in [0.1, 0.15) is 5.82 Å². The van der Waals surface area contributed by atoms with E-state index in [-0.39, 0.29) is 11.6 Å². The van der Waals surface area contributed by atoms with Gasteiger partial charge in [0.15, 0.2) is 0 Å². The normalized spacial score (nSPS) is 11.9. The molecule has 3 N–H and O–H groups in total. The molecule has 0 aliphatic rings. The first-order chi connectivity index (χ1) is 9.49. The Hall–Kier alpha value is -2.13. The van der Waals surface area contributed by atoms with Gasteiger partial charge < -0.3 is 11.1 Å². The van der Waals surface area contributed by atoms with E-state index in [4.69, 9.17) is 11.0 Å². The van der Waals surface area contributed by atoms with Gasteiger partial charge in [0.25, 0.3) is 0 Å². The van der Waals surface area contributed by atoms with E-state index in [1.807, 2.05) is 17.9 Å². The zero-order valence-electron chi connectivity index (χ0n) is 11.7. The number of rotatable bonds is 6. The summed E-state index contributed by atoms with van der Waals surface area (Å²) >= 11 is 0. The molecule has 0 aliphatic carbocycles. The second-order valence-electron chi connectivity index (χ2n) is 4.44. The Bertz CT molecular complexity index is 512. The molecule has 1 unspecified atom stereocenters. The molecule has 1 atom stereocenters. The molecule has 6 heteroatoms. The van der Waals surface area contributed by atoms with Crippen molar-refractivity contribution in [2.75, 3.05) is 24.1 Å². The van der Waals surface area contributed by atoms with Crippen molar-refractivity contribution in [1.82, 2.24) is 4.90 Å². The second kappa shape index (κ2) is 7.46. The number of nitrogen functional groups attached to an aromatic ring is 1. The van der Waals surface area contributed by atoms with Crippen LogP contribution in [0.3, 0.4) is 0 Å². The highest BCUT2D eigenvalue weighted by Gasteiger charge is 2.20. The number of likely N-dealkylation sites (N-methyl/N-ethyl adjacent to an activating group) is 1. The highest BCUT2D eigenvalue weighted by molar-refractivity contribution is 5.95. The Morgan fingerprint density at radius 3 is 2.90 bits per heavy atom. The number of hydrogen-bond donors (Lipinski definition) is 2. The SMILES string of the molecule is CCN(CCC#N)C(C)C(=O)Nc1cc(N)ccc1F. The molecule has 20 heavy (non-hydrogen) atoms. The number of amides is 1. The first-order valence-electron chi connectivity index (χ1n) is 6.46. The molecule has 108 valence electrons. The zero-order valence-corrected chi connectivity index (χ0v) is 11.7. The lowest BCUT2D eigenvalue weighted by molar-refractivity contribution is -0.120. The first-order valence-corrected chi connectivity index (χ1v) is 6.46.